The second-order valence-corrected chi connectivity index (χ2v) is 6.18. The van der Waals surface area contributed by atoms with E-state index in [2.05, 4.69) is 9.97 Å². The first-order chi connectivity index (χ1) is 14.5. The first-order valence-electron chi connectivity index (χ1n) is 9.05. The minimum atomic E-state index is -1.04. The standard InChI is InChI=1S/C21H18F2N4O3/c1-3-30-21(28)18-14(22)10-17(19(23)20(18)29-2)27(9-8-24)12-13-11-25-15-6-4-5-7-16(15)26-13/h4-7,10-11H,3,9,12H2,1-2H3. The van der Waals surface area contributed by atoms with Gasteiger partial charge >= 0.3 is 5.97 Å². The fourth-order valence-electron chi connectivity index (χ4n) is 2.98. The molecule has 1 aromatic heterocycles. The molecule has 3 aromatic rings. The molecule has 0 fully saturated rings. The summed E-state index contributed by atoms with van der Waals surface area (Å²) in [6.45, 7) is 1.27. The van der Waals surface area contributed by atoms with E-state index in [0.717, 1.165) is 13.2 Å². The molecule has 0 atom stereocenters. The molecule has 2 aromatic carbocycles. The van der Waals surface area contributed by atoms with E-state index < -0.39 is 28.9 Å². The van der Waals surface area contributed by atoms with Crippen LogP contribution in [0.5, 0.6) is 5.75 Å². The number of fused-ring (bicyclic) bond motifs is 1. The summed E-state index contributed by atoms with van der Waals surface area (Å²) in [4.78, 5) is 22.1. The number of benzene rings is 2. The van der Waals surface area contributed by atoms with Gasteiger partial charge in [-0.3, -0.25) is 4.98 Å². The van der Waals surface area contributed by atoms with Gasteiger partial charge in [0.25, 0.3) is 0 Å². The molecule has 154 valence electrons. The lowest BCUT2D eigenvalue weighted by Gasteiger charge is -2.23. The van der Waals surface area contributed by atoms with Gasteiger partial charge in [-0.05, 0) is 19.1 Å². The highest BCUT2D eigenvalue weighted by molar-refractivity contribution is 5.93. The maximum absolute atomic E-state index is 15.2. The zero-order valence-electron chi connectivity index (χ0n) is 16.4. The minimum absolute atomic E-state index is 0.00795. The average molecular weight is 412 g/mol. The lowest BCUT2D eigenvalue weighted by atomic mass is 10.1. The van der Waals surface area contributed by atoms with Gasteiger partial charge in [-0.25, -0.2) is 18.6 Å². The van der Waals surface area contributed by atoms with Crippen molar-refractivity contribution in [3.63, 3.8) is 0 Å². The molecule has 0 saturated carbocycles. The molecule has 0 radical (unpaired) electrons. The third-order valence-corrected chi connectivity index (χ3v) is 4.29. The highest BCUT2D eigenvalue weighted by Gasteiger charge is 2.28. The zero-order chi connectivity index (χ0) is 21.7. The Morgan fingerprint density at radius 3 is 2.67 bits per heavy atom. The van der Waals surface area contributed by atoms with Gasteiger partial charge in [-0.1, -0.05) is 12.1 Å². The first kappa shape index (κ1) is 20.9. The molecule has 30 heavy (non-hydrogen) atoms. The van der Waals surface area contributed by atoms with Crippen LogP contribution < -0.4 is 9.64 Å². The second kappa shape index (κ2) is 9.13. The van der Waals surface area contributed by atoms with Crippen LogP contribution in [0.15, 0.2) is 36.5 Å². The van der Waals surface area contributed by atoms with Gasteiger partial charge in [0.2, 0.25) is 0 Å². The Bertz CT molecular complexity index is 1130. The molecule has 0 N–H and O–H groups in total. The number of carbonyl (C=O) groups excluding carboxylic acids is 1. The van der Waals surface area contributed by atoms with E-state index in [1.54, 1.807) is 19.1 Å². The third kappa shape index (κ3) is 4.12. The number of carbonyl (C=O) groups is 1. The molecule has 0 bridgehead atoms. The number of anilines is 1. The number of rotatable bonds is 7. The van der Waals surface area contributed by atoms with Gasteiger partial charge in [0.05, 0.1) is 54.9 Å². The molecule has 0 aliphatic rings. The molecule has 0 spiro atoms. The van der Waals surface area contributed by atoms with Gasteiger partial charge in [0.1, 0.15) is 17.9 Å². The van der Waals surface area contributed by atoms with E-state index >= 15 is 4.39 Å². The van der Waals surface area contributed by atoms with Crippen molar-refractivity contribution in [2.45, 2.75) is 13.5 Å². The largest absolute Gasteiger partial charge is 0.493 e. The van der Waals surface area contributed by atoms with E-state index in [1.807, 2.05) is 18.2 Å². The maximum Gasteiger partial charge on any atom is 0.345 e. The van der Waals surface area contributed by atoms with Crippen LogP contribution in [-0.4, -0.2) is 36.2 Å². The van der Waals surface area contributed by atoms with Crippen molar-refractivity contribution in [1.29, 1.82) is 5.26 Å². The summed E-state index contributed by atoms with van der Waals surface area (Å²) in [5, 5.41) is 9.20. The number of nitriles is 1. The molecule has 0 aliphatic carbocycles. The minimum Gasteiger partial charge on any atom is -0.493 e. The lowest BCUT2D eigenvalue weighted by Crippen LogP contribution is -2.26. The summed E-state index contributed by atoms with van der Waals surface area (Å²) in [6.07, 6.45) is 1.51. The number of hydrogen-bond acceptors (Lipinski definition) is 7. The van der Waals surface area contributed by atoms with Crippen LogP contribution >= 0.6 is 0 Å². The summed E-state index contributed by atoms with van der Waals surface area (Å²) in [7, 11) is 1.12. The summed E-state index contributed by atoms with van der Waals surface area (Å²) >= 11 is 0. The Hall–Kier alpha value is -3.80. The van der Waals surface area contributed by atoms with Crippen LogP contribution in [0.3, 0.4) is 0 Å². The molecular weight excluding hydrogens is 394 g/mol. The Balaban J connectivity index is 2.03. The summed E-state index contributed by atoms with van der Waals surface area (Å²) < 4.78 is 39.6. The van der Waals surface area contributed by atoms with E-state index in [0.29, 0.717) is 16.7 Å². The van der Waals surface area contributed by atoms with Gasteiger partial charge in [0.15, 0.2) is 11.6 Å². The number of nitrogens with zero attached hydrogens (tertiary/aromatic N) is 4. The van der Waals surface area contributed by atoms with Gasteiger partial charge in [-0.15, -0.1) is 0 Å². The van der Waals surface area contributed by atoms with Crippen LogP contribution in [-0.2, 0) is 11.3 Å². The molecular formula is C21H18F2N4O3. The number of ether oxygens (including phenoxy) is 2. The molecule has 0 amide bonds. The Kier molecular flexibility index (Phi) is 6.37. The lowest BCUT2D eigenvalue weighted by molar-refractivity contribution is 0.0516. The second-order valence-electron chi connectivity index (χ2n) is 6.18. The van der Waals surface area contributed by atoms with E-state index in [1.165, 1.54) is 11.1 Å². The Morgan fingerprint density at radius 1 is 1.27 bits per heavy atom. The highest BCUT2D eigenvalue weighted by atomic mass is 19.1. The van der Waals surface area contributed by atoms with Crippen molar-refractivity contribution in [3.8, 4) is 11.8 Å². The highest BCUT2D eigenvalue weighted by Crippen LogP contribution is 2.34. The number of aromatic nitrogens is 2. The van der Waals surface area contributed by atoms with Crippen molar-refractivity contribution in [2.75, 3.05) is 25.2 Å². The van der Waals surface area contributed by atoms with Crippen LogP contribution in [0.25, 0.3) is 11.0 Å². The van der Waals surface area contributed by atoms with Crippen LogP contribution in [0.2, 0.25) is 0 Å². The van der Waals surface area contributed by atoms with E-state index in [-0.39, 0.29) is 25.4 Å². The summed E-state index contributed by atoms with van der Waals surface area (Å²) in [6, 6.07) is 9.97. The normalized spacial score (nSPS) is 10.5. The van der Waals surface area contributed by atoms with Crippen molar-refractivity contribution >= 4 is 22.7 Å². The summed E-state index contributed by atoms with van der Waals surface area (Å²) in [5.74, 6) is -3.62. The molecule has 0 unspecified atom stereocenters. The quantitative estimate of drug-likeness (QED) is 0.433. The van der Waals surface area contributed by atoms with Crippen molar-refractivity contribution in [1.82, 2.24) is 9.97 Å². The zero-order valence-corrected chi connectivity index (χ0v) is 16.4. The van der Waals surface area contributed by atoms with Crippen molar-refractivity contribution in [3.05, 3.63) is 59.4 Å². The number of hydrogen-bond donors (Lipinski definition) is 0. The SMILES string of the molecule is CCOC(=O)c1c(F)cc(N(CC#N)Cc2cnc3ccccc3n2)c(F)c1OC. The smallest absolute Gasteiger partial charge is 0.345 e. The third-order valence-electron chi connectivity index (χ3n) is 4.29. The average Bonchev–Trinajstić information content (AvgIpc) is 2.74. The fourth-order valence-corrected chi connectivity index (χ4v) is 2.98. The Labute approximate surface area is 171 Å². The van der Waals surface area contributed by atoms with Gasteiger partial charge in [0, 0.05) is 6.07 Å². The molecule has 0 aliphatic heterocycles. The predicted octanol–water partition coefficient (Wildman–Crippen LogP) is 3.62. The van der Waals surface area contributed by atoms with Crippen LogP contribution in [0.1, 0.15) is 23.0 Å². The molecule has 7 nitrogen and oxygen atoms in total. The Morgan fingerprint density at radius 2 is 2.00 bits per heavy atom. The van der Waals surface area contributed by atoms with Crippen LogP contribution in [0, 0.1) is 23.0 Å². The number of halogens is 2. The maximum atomic E-state index is 15.2. The van der Waals surface area contributed by atoms with Crippen molar-refractivity contribution in [2.24, 2.45) is 0 Å². The molecule has 9 heteroatoms. The number of para-hydroxylation sites is 2. The monoisotopic (exact) mass is 412 g/mol. The molecule has 0 saturated heterocycles. The van der Waals surface area contributed by atoms with E-state index in [4.69, 9.17) is 9.47 Å². The summed E-state index contributed by atoms with van der Waals surface area (Å²) in [5.41, 5.74) is 0.897. The number of methoxy groups -OCH3 is 1. The number of esters is 1. The first-order valence-corrected chi connectivity index (χ1v) is 9.05. The topological polar surface area (TPSA) is 88.3 Å². The molecule has 1 heterocycles. The fraction of sp³-hybridized carbons (Fsp3) is 0.238. The van der Waals surface area contributed by atoms with Crippen LogP contribution in [0.4, 0.5) is 14.5 Å². The van der Waals surface area contributed by atoms with Gasteiger partial charge < -0.3 is 14.4 Å². The van der Waals surface area contributed by atoms with E-state index in [9.17, 15) is 14.4 Å². The van der Waals surface area contributed by atoms with Crippen molar-refractivity contribution < 1.29 is 23.0 Å². The molecule has 3 rings (SSSR count). The predicted molar refractivity (Wildman–Crippen MR) is 105 cm³/mol. The van der Waals surface area contributed by atoms with Gasteiger partial charge in [-0.2, -0.15) is 5.26 Å².